The first kappa shape index (κ1) is 10.2. The van der Waals surface area contributed by atoms with Crippen LogP contribution in [0.1, 0.15) is 53.4 Å². The van der Waals surface area contributed by atoms with E-state index < -0.39 is 0 Å². The summed E-state index contributed by atoms with van der Waals surface area (Å²) in [6, 6.07) is 0. The van der Waals surface area contributed by atoms with E-state index in [9.17, 15) is 0 Å². The highest BCUT2D eigenvalue weighted by Gasteiger charge is 2.64. The SMILES string of the molecule is CC1CCC2C(C3C(C)CCC13)C2(C)C. The average Bonchev–Trinajstić information content (AvgIpc) is 2.55. The molecular formula is C15H26. The molecule has 0 aromatic carbocycles. The van der Waals surface area contributed by atoms with Gasteiger partial charge in [0.15, 0.2) is 0 Å². The number of hydrogen-bond acceptors (Lipinski definition) is 0. The van der Waals surface area contributed by atoms with Crippen molar-refractivity contribution in [3.05, 3.63) is 0 Å². The summed E-state index contributed by atoms with van der Waals surface area (Å²) in [7, 11) is 0. The molecule has 0 N–H and O–H groups in total. The molecule has 3 fully saturated rings. The minimum absolute atomic E-state index is 0.696. The highest BCUT2D eigenvalue weighted by Crippen LogP contribution is 2.70. The summed E-state index contributed by atoms with van der Waals surface area (Å²) in [5, 5.41) is 0. The van der Waals surface area contributed by atoms with Gasteiger partial charge in [-0.2, -0.15) is 0 Å². The zero-order chi connectivity index (χ0) is 10.8. The number of rotatable bonds is 0. The van der Waals surface area contributed by atoms with Crippen molar-refractivity contribution in [2.45, 2.75) is 53.4 Å². The lowest BCUT2D eigenvalue weighted by molar-refractivity contribution is 0.202. The van der Waals surface area contributed by atoms with E-state index in [-0.39, 0.29) is 0 Å². The van der Waals surface area contributed by atoms with Crippen LogP contribution in [0.25, 0.3) is 0 Å². The molecule has 0 spiro atoms. The fourth-order valence-electron chi connectivity index (χ4n) is 5.31. The first-order valence-electron chi connectivity index (χ1n) is 7.03. The monoisotopic (exact) mass is 206 g/mol. The Morgan fingerprint density at radius 1 is 0.867 bits per heavy atom. The van der Waals surface area contributed by atoms with Crippen LogP contribution in [0.2, 0.25) is 0 Å². The van der Waals surface area contributed by atoms with Crippen molar-refractivity contribution in [1.29, 1.82) is 0 Å². The van der Waals surface area contributed by atoms with Gasteiger partial charge in [-0.3, -0.25) is 0 Å². The van der Waals surface area contributed by atoms with Crippen molar-refractivity contribution in [3.63, 3.8) is 0 Å². The van der Waals surface area contributed by atoms with Gasteiger partial charge in [0, 0.05) is 0 Å². The number of hydrogen-bond donors (Lipinski definition) is 0. The maximum absolute atomic E-state index is 2.53. The molecule has 0 saturated heterocycles. The summed E-state index contributed by atoms with van der Waals surface area (Å²) in [6.45, 7) is 10.1. The first-order valence-corrected chi connectivity index (χ1v) is 7.03. The van der Waals surface area contributed by atoms with E-state index in [0.29, 0.717) is 5.41 Å². The second-order valence-corrected chi connectivity index (χ2v) is 7.30. The zero-order valence-electron chi connectivity index (χ0n) is 10.8. The summed E-state index contributed by atoms with van der Waals surface area (Å²) in [5.41, 5.74) is 0.696. The Hall–Kier alpha value is 0. The van der Waals surface area contributed by atoms with Crippen molar-refractivity contribution in [3.8, 4) is 0 Å². The second kappa shape index (κ2) is 3.02. The third kappa shape index (κ3) is 1.26. The summed E-state index contributed by atoms with van der Waals surface area (Å²) in [5.74, 6) is 6.37. The van der Waals surface area contributed by atoms with Crippen LogP contribution in [-0.2, 0) is 0 Å². The van der Waals surface area contributed by atoms with Crippen LogP contribution in [0.4, 0.5) is 0 Å². The Labute approximate surface area is 94.8 Å². The van der Waals surface area contributed by atoms with Crippen molar-refractivity contribution >= 4 is 0 Å². The zero-order valence-corrected chi connectivity index (χ0v) is 10.8. The van der Waals surface area contributed by atoms with Gasteiger partial charge in [0.05, 0.1) is 0 Å². The molecular weight excluding hydrogens is 180 g/mol. The van der Waals surface area contributed by atoms with Crippen molar-refractivity contribution in [2.24, 2.45) is 40.9 Å². The molecule has 0 aromatic rings. The van der Waals surface area contributed by atoms with Crippen LogP contribution in [0, 0.1) is 40.9 Å². The maximum atomic E-state index is 2.53. The van der Waals surface area contributed by atoms with E-state index >= 15 is 0 Å². The Morgan fingerprint density at radius 3 is 2.27 bits per heavy atom. The van der Waals surface area contributed by atoms with Crippen LogP contribution in [0.5, 0.6) is 0 Å². The molecule has 3 aliphatic rings. The largest absolute Gasteiger partial charge is 0.0622 e. The summed E-state index contributed by atoms with van der Waals surface area (Å²) < 4.78 is 0. The molecule has 0 nitrogen and oxygen atoms in total. The van der Waals surface area contributed by atoms with Crippen molar-refractivity contribution < 1.29 is 0 Å². The molecule has 3 aliphatic carbocycles. The maximum Gasteiger partial charge on any atom is -0.0289 e. The third-order valence-electron chi connectivity index (χ3n) is 6.32. The molecule has 86 valence electrons. The minimum atomic E-state index is 0.696. The van der Waals surface area contributed by atoms with Crippen molar-refractivity contribution in [1.82, 2.24) is 0 Å². The first-order chi connectivity index (χ1) is 7.03. The highest BCUT2D eigenvalue weighted by molar-refractivity contribution is 5.12. The lowest BCUT2D eigenvalue weighted by Crippen LogP contribution is -2.22. The van der Waals surface area contributed by atoms with E-state index in [1.54, 1.807) is 0 Å². The molecule has 0 aromatic heterocycles. The van der Waals surface area contributed by atoms with Crippen LogP contribution in [-0.4, -0.2) is 0 Å². The van der Waals surface area contributed by atoms with Gasteiger partial charge in [0.25, 0.3) is 0 Å². The van der Waals surface area contributed by atoms with E-state index in [4.69, 9.17) is 0 Å². The lowest BCUT2D eigenvalue weighted by atomic mass is 9.77. The van der Waals surface area contributed by atoms with E-state index in [2.05, 4.69) is 27.7 Å². The quantitative estimate of drug-likeness (QED) is 0.553. The Bertz CT molecular complexity index is 265. The molecule has 3 rings (SSSR count). The highest BCUT2D eigenvalue weighted by atomic mass is 14.7. The van der Waals surface area contributed by atoms with Gasteiger partial charge >= 0.3 is 0 Å². The minimum Gasteiger partial charge on any atom is -0.0622 e. The van der Waals surface area contributed by atoms with Gasteiger partial charge in [0.1, 0.15) is 0 Å². The van der Waals surface area contributed by atoms with Gasteiger partial charge < -0.3 is 0 Å². The van der Waals surface area contributed by atoms with E-state index in [0.717, 1.165) is 35.5 Å². The third-order valence-corrected chi connectivity index (χ3v) is 6.32. The average molecular weight is 206 g/mol. The van der Waals surface area contributed by atoms with Crippen LogP contribution in [0.15, 0.2) is 0 Å². The Kier molecular flexibility index (Phi) is 2.05. The topological polar surface area (TPSA) is 0 Å². The van der Waals surface area contributed by atoms with Gasteiger partial charge in [-0.15, -0.1) is 0 Å². The summed E-state index contributed by atoms with van der Waals surface area (Å²) in [4.78, 5) is 0. The lowest BCUT2D eigenvalue weighted by Gasteiger charge is -2.28. The molecule has 0 heterocycles. The predicted octanol–water partition coefficient (Wildman–Crippen LogP) is 4.35. The Morgan fingerprint density at radius 2 is 1.53 bits per heavy atom. The molecule has 0 heteroatoms. The van der Waals surface area contributed by atoms with E-state index in [1.165, 1.54) is 25.7 Å². The standard InChI is InChI=1S/C15H26/c1-9-6-8-12-14(15(12,3)4)13-10(2)5-7-11(9)13/h9-14H,5-8H2,1-4H3. The molecule has 0 bridgehead atoms. The molecule has 0 radical (unpaired) electrons. The summed E-state index contributed by atoms with van der Waals surface area (Å²) >= 11 is 0. The smallest absolute Gasteiger partial charge is 0.0289 e. The van der Waals surface area contributed by atoms with Gasteiger partial charge in [-0.05, 0) is 53.8 Å². The predicted molar refractivity (Wildman–Crippen MR) is 64.5 cm³/mol. The fraction of sp³-hybridized carbons (Fsp3) is 1.00. The van der Waals surface area contributed by atoms with Crippen LogP contribution in [0.3, 0.4) is 0 Å². The molecule has 6 unspecified atom stereocenters. The molecule has 3 saturated carbocycles. The van der Waals surface area contributed by atoms with E-state index in [1.807, 2.05) is 0 Å². The molecule has 6 atom stereocenters. The van der Waals surface area contributed by atoms with Gasteiger partial charge in [-0.1, -0.05) is 40.5 Å². The van der Waals surface area contributed by atoms with Gasteiger partial charge in [-0.25, -0.2) is 0 Å². The summed E-state index contributed by atoms with van der Waals surface area (Å²) in [6.07, 6.45) is 6.09. The van der Waals surface area contributed by atoms with Crippen molar-refractivity contribution in [2.75, 3.05) is 0 Å². The molecule has 0 amide bonds. The molecule has 15 heavy (non-hydrogen) atoms. The van der Waals surface area contributed by atoms with Gasteiger partial charge in [0.2, 0.25) is 0 Å². The van der Waals surface area contributed by atoms with Crippen LogP contribution < -0.4 is 0 Å². The second-order valence-electron chi connectivity index (χ2n) is 7.30. The fourth-order valence-corrected chi connectivity index (χ4v) is 5.31. The van der Waals surface area contributed by atoms with Crippen LogP contribution >= 0.6 is 0 Å². The Balaban J connectivity index is 1.90. The normalized spacial score (nSPS) is 56.8. The molecule has 0 aliphatic heterocycles. The number of fused-ring (bicyclic) bond motifs is 3.